The van der Waals surface area contributed by atoms with E-state index in [1.165, 1.54) is 19.1 Å². The first-order valence-corrected chi connectivity index (χ1v) is 10.4. The van der Waals surface area contributed by atoms with Gasteiger partial charge < -0.3 is 9.84 Å². The zero-order valence-corrected chi connectivity index (χ0v) is 18.6. The van der Waals surface area contributed by atoms with Gasteiger partial charge in [0.2, 0.25) is 0 Å². The van der Waals surface area contributed by atoms with Crippen molar-refractivity contribution < 1.29 is 45.0 Å². The van der Waals surface area contributed by atoms with Crippen molar-refractivity contribution in [3.63, 3.8) is 0 Å². The van der Waals surface area contributed by atoms with Crippen molar-refractivity contribution >= 4 is 11.6 Å². The maximum absolute atomic E-state index is 14.4. The molecule has 2 rings (SSSR count). The highest BCUT2D eigenvalue weighted by Gasteiger charge is 2.55. The smallest absolute Gasteiger partial charge is 0.417 e. The highest BCUT2D eigenvalue weighted by Crippen LogP contribution is 2.44. The molecule has 0 aliphatic heterocycles. The van der Waals surface area contributed by atoms with Gasteiger partial charge in [0.15, 0.2) is 5.60 Å². The molecule has 2 atom stereocenters. The van der Waals surface area contributed by atoms with E-state index in [2.05, 4.69) is 6.58 Å². The minimum atomic E-state index is -5.37. The molecule has 2 aromatic carbocycles. The van der Waals surface area contributed by atoms with Gasteiger partial charge in [0.05, 0.1) is 10.6 Å². The van der Waals surface area contributed by atoms with Gasteiger partial charge in [0, 0.05) is 12.0 Å². The zero-order valence-electron chi connectivity index (χ0n) is 17.8. The van der Waals surface area contributed by atoms with Crippen molar-refractivity contribution in [2.75, 3.05) is 6.61 Å². The number of halogens is 9. The van der Waals surface area contributed by atoms with E-state index in [0.717, 1.165) is 12.1 Å². The van der Waals surface area contributed by atoms with Crippen LogP contribution in [0.15, 0.2) is 43.0 Å². The standard InChI is InChI=1S/C23H21ClF8O2/c1-3-7-34-19-6-5-16(25)10-17(19)13(4-2)11-21(33,23(30,31)32)12-14-8-15(22(27,28)29)9-18(24)20(14)26/h3,5-6,8-10,13,33H,1,4,7,11-12H2,2H3. The Morgan fingerprint density at radius 2 is 1.74 bits per heavy atom. The number of aliphatic hydroxyl groups is 1. The first kappa shape index (κ1) is 27.9. The predicted octanol–water partition coefficient (Wildman–Crippen LogP) is 7.62. The molecule has 0 fully saturated rings. The van der Waals surface area contributed by atoms with Gasteiger partial charge >= 0.3 is 12.4 Å². The Labute approximate surface area is 195 Å². The molecule has 34 heavy (non-hydrogen) atoms. The van der Waals surface area contributed by atoms with Crippen molar-refractivity contribution in [1.82, 2.24) is 0 Å². The summed E-state index contributed by atoms with van der Waals surface area (Å²) in [5.41, 5.74) is -6.17. The molecule has 0 saturated heterocycles. The molecule has 188 valence electrons. The largest absolute Gasteiger partial charge is 0.489 e. The highest BCUT2D eigenvalue weighted by molar-refractivity contribution is 6.30. The van der Waals surface area contributed by atoms with Crippen molar-refractivity contribution in [1.29, 1.82) is 0 Å². The second-order valence-electron chi connectivity index (χ2n) is 7.73. The van der Waals surface area contributed by atoms with Gasteiger partial charge in [-0.25, -0.2) is 8.78 Å². The van der Waals surface area contributed by atoms with Crippen LogP contribution >= 0.6 is 11.6 Å². The number of hydrogen-bond donors (Lipinski definition) is 1. The molecule has 0 aliphatic carbocycles. The fourth-order valence-corrected chi connectivity index (χ4v) is 3.78. The molecule has 0 heterocycles. The quantitative estimate of drug-likeness (QED) is 0.274. The van der Waals surface area contributed by atoms with Crippen LogP contribution in [0, 0.1) is 11.6 Å². The molecular formula is C23H21ClF8O2. The van der Waals surface area contributed by atoms with Crippen molar-refractivity contribution in [3.05, 3.63) is 76.3 Å². The summed E-state index contributed by atoms with van der Waals surface area (Å²) in [6.07, 6.45) is -11.7. The fraction of sp³-hybridized carbons (Fsp3) is 0.391. The molecule has 2 nitrogen and oxygen atoms in total. The molecule has 0 radical (unpaired) electrons. The molecule has 2 unspecified atom stereocenters. The van der Waals surface area contributed by atoms with E-state index in [9.17, 15) is 40.2 Å². The Morgan fingerprint density at radius 3 is 2.26 bits per heavy atom. The zero-order chi connectivity index (χ0) is 25.9. The summed E-state index contributed by atoms with van der Waals surface area (Å²) in [6.45, 7) is 4.89. The summed E-state index contributed by atoms with van der Waals surface area (Å²) in [5, 5.41) is 9.61. The van der Waals surface area contributed by atoms with Crippen LogP contribution in [0.5, 0.6) is 5.75 Å². The molecule has 1 N–H and O–H groups in total. The number of alkyl halides is 6. The average molecular weight is 517 g/mol. The Balaban J connectivity index is 2.54. The highest BCUT2D eigenvalue weighted by atomic mass is 35.5. The molecule has 11 heteroatoms. The first-order valence-electron chi connectivity index (χ1n) is 10.00. The number of ether oxygens (including phenoxy) is 1. The van der Waals surface area contributed by atoms with E-state index in [1.54, 1.807) is 0 Å². The van der Waals surface area contributed by atoms with Crippen LogP contribution in [-0.4, -0.2) is 23.5 Å². The number of benzene rings is 2. The molecule has 0 amide bonds. The van der Waals surface area contributed by atoms with Crippen molar-refractivity contribution in [3.8, 4) is 5.75 Å². The Morgan fingerprint density at radius 1 is 1.09 bits per heavy atom. The molecule has 0 saturated carbocycles. The van der Waals surface area contributed by atoms with Gasteiger partial charge in [-0.2, -0.15) is 26.3 Å². The minimum absolute atomic E-state index is 0.00886. The topological polar surface area (TPSA) is 29.5 Å². The maximum Gasteiger partial charge on any atom is 0.417 e. The average Bonchev–Trinajstić information content (AvgIpc) is 2.72. The predicted molar refractivity (Wildman–Crippen MR) is 111 cm³/mol. The lowest BCUT2D eigenvalue weighted by atomic mass is 9.80. The van der Waals surface area contributed by atoms with E-state index in [-0.39, 0.29) is 36.5 Å². The SMILES string of the molecule is C=CCOc1ccc(F)cc1C(CC)CC(O)(Cc1cc(C(F)(F)F)cc(Cl)c1F)C(F)(F)F. The lowest BCUT2D eigenvalue weighted by molar-refractivity contribution is -0.264. The molecule has 0 aromatic heterocycles. The maximum atomic E-state index is 14.4. The van der Waals surface area contributed by atoms with E-state index in [4.69, 9.17) is 16.3 Å². The third-order valence-corrected chi connectivity index (χ3v) is 5.56. The Bertz CT molecular complexity index is 1020. The van der Waals surface area contributed by atoms with Gasteiger partial charge in [0.25, 0.3) is 0 Å². The molecule has 0 bridgehead atoms. The lowest BCUT2D eigenvalue weighted by Gasteiger charge is -2.34. The summed E-state index contributed by atoms with van der Waals surface area (Å²) in [7, 11) is 0. The summed E-state index contributed by atoms with van der Waals surface area (Å²) < 4.78 is 115. The van der Waals surface area contributed by atoms with Crippen molar-refractivity contribution in [2.45, 2.75) is 50.1 Å². The lowest BCUT2D eigenvalue weighted by Crippen LogP contribution is -2.48. The molecular weight excluding hydrogens is 496 g/mol. The normalized spacial score (nSPS) is 15.0. The third kappa shape index (κ3) is 6.41. The van der Waals surface area contributed by atoms with Gasteiger partial charge in [-0.1, -0.05) is 31.2 Å². The number of rotatable bonds is 9. The van der Waals surface area contributed by atoms with Gasteiger partial charge in [0.1, 0.15) is 24.0 Å². The van der Waals surface area contributed by atoms with Crippen LogP contribution in [0.4, 0.5) is 35.1 Å². The number of hydrogen-bond acceptors (Lipinski definition) is 2. The third-order valence-electron chi connectivity index (χ3n) is 5.29. The second kappa shape index (κ2) is 10.5. The van der Waals surface area contributed by atoms with Crippen LogP contribution in [0.1, 0.15) is 42.4 Å². The van der Waals surface area contributed by atoms with Gasteiger partial charge in [-0.3, -0.25) is 0 Å². The van der Waals surface area contributed by atoms with Gasteiger partial charge in [-0.05, 0) is 54.7 Å². The van der Waals surface area contributed by atoms with E-state index in [0.29, 0.717) is 0 Å². The summed E-state index contributed by atoms with van der Waals surface area (Å²) in [6, 6.07) is 3.61. The second-order valence-corrected chi connectivity index (χ2v) is 8.13. The van der Waals surface area contributed by atoms with Crippen LogP contribution in [0.25, 0.3) is 0 Å². The van der Waals surface area contributed by atoms with E-state index in [1.807, 2.05) is 0 Å². The monoisotopic (exact) mass is 516 g/mol. The fourth-order valence-electron chi connectivity index (χ4n) is 3.54. The van der Waals surface area contributed by atoms with E-state index < -0.39 is 64.5 Å². The van der Waals surface area contributed by atoms with Gasteiger partial charge in [-0.15, -0.1) is 0 Å². The summed E-state index contributed by atoms with van der Waals surface area (Å²) in [5.74, 6) is -3.38. The first-order chi connectivity index (χ1) is 15.6. The molecule has 0 aliphatic rings. The Hall–Kier alpha value is -2.33. The summed E-state index contributed by atoms with van der Waals surface area (Å²) in [4.78, 5) is 0. The van der Waals surface area contributed by atoms with Crippen LogP contribution in [0.2, 0.25) is 5.02 Å². The van der Waals surface area contributed by atoms with Crippen LogP contribution < -0.4 is 4.74 Å². The van der Waals surface area contributed by atoms with Crippen molar-refractivity contribution in [2.24, 2.45) is 0 Å². The molecule has 0 spiro atoms. The summed E-state index contributed by atoms with van der Waals surface area (Å²) >= 11 is 5.48. The molecule has 2 aromatic rings. The van der Waals surface area contributed by atoms with E-state index >= 15 is 0 Å². The minimum Gasteiger partial charge on any atom is -0.489 e. The van der Waals surface area contributed by atoms with Crippen LogP contribution in [0.3, 0.4) is 0 Å². The van der Waals surface area contributed by atoms with Crippen LogP contribution in [-0.2, 0) is 12.6 Å². The Kier molecular flexibility index (Phi) is 8.63.